The zero-order chi connectivity index (χ0) is 15.1. The van der Waals surface area contributed by atoms with Gasteiger partial charge in [0.15, 0.2) is 0 Å². The first kappa shape index (κ1) is 14.8. The van der Waals surface area contributed by atoms with Crippen molar-refractivity contribution in [3.8, 4) is 0 Å². The Morgan fingerprint density at radius 3 is 2.10 bits per heavy atom. The van der Waals surface area contributed by atoms with E-state index in [4.69, 9.17) is 5.73 Å². The molecule has 2 rings (SSSR count). The van der Waals surface area contributed by atoms with Crippen molar-refractivity contribution in [3.05, 3.63) is 71.8 Å². The standard InChI is InChI=1S/C17H18N2O2/c18-16(20)15(12-11-13-7-3-1-4-8-13)19-17(21)14-9-5-2-6-10-14/h1-10,15H,11-12H2,(H2,18,20)(H,19,21)/t15-/m1/s1. The molecule has 21 heavy (non-hydrogen) atoms. The molecule has 2 aromatic carbocycles. The first-order valence-electron chi connectivity index (χ1n) is 6.86. The summed E-state index contributed by atoms with van der Waals surface area (Å²) in [7, 11) is 0. The fourth-order valence-electron chi connectivity index (χ4n) is 2.07. The van der Waals surface area contributed by atoms with Crippen molar-refractivity contribution in [1.29, 1.82) is 0 Å². The van der Waals surface area contributed by atoms with Gasteiger partial charge in [0.05, 0.1) is 0 Å². The molecule has 0 spiro atoms. The number of primary amides is 1. The van der Waals surface area contributed by atoms with Gasteiger partial charge in [-0.05, 0) is 30.5 Å². The lowest BCUT2D eigenvalue weighted by Crippen LogP contribution is -2.44. The lowest BCUT2D eigenvalue weighted by atomic mass is 10.0. The van der Waals surface area contributed by atoms with Crippen LogP contribution < -0.4 is 11.1 Å². The molecule has 0 heterocycles. The van der Waals surface area contributed by atoms with Crippen molar-refractivity contribution in [3.63, 3.8) is 0 Å². The number of hydrogen-bond acceptors (Lipinski definition) is 2. The second-order valence-electron chi connectivity index (χ2n) is 4.82. The number of carbonyl (C=O) groups is 2. The number of nitrogens with one attached hydrogen (secondary N) is 1. The largest absolute Gasteiger partial charge is 0.368 e. The molecule has 0 fully saturated rings. The van der Waals surface area contributed by atoms with Gasteiger partial charge in [-0.15, -0.1) is 0 Å². The van der Waals surface area contributed by atoms with Gasteiger partial charge in [0.2, 0.25) is 5.91 Å². The summed E-state index contributed by atoms with van der Waals surface area (Å²) in [5.41, 5.74) is 7.00. The maximum absolute atomic E-state index is 12.1. The Morgan fingerprint density at radius 2 is 1.52 bits per heavy atom. The summed E-state index contributed by atoms with van der Waals surface area (Å²) in [5, 5.41) is 2.69. The number of benzene rings is 2. The van der Waals surface area contributed by atoms with E-state index < -0.39 is 11.9 Å². The molecule has 2 amide bonds. The van der Waals surface area contributed by atoms with Crippen LogP contribution in [-0.2, 0) is 11.2 Å². The fraction of sp³-hybridized carbons (Fsp3) is 0.176. The molecule has 4 heteroatoms. The number of rotatable bonds is 6. The highest BCUT2D eigenvalue weighted by Crippen LogP contribution is 2.06. The van der Waals surface area contributed by atoms with Crippen LogP contribution in [0.4, 0.5) is 0 Å². The molecule has 4 nitrogen and oxygen atoms in total. The monoisotopic (exact) mass is 282 g/mol. The number of aryl methyl sites for hydroxylation is 1. The molecule has 3 N–H and O–H groups in total. The average Bonchev–Trinajstić information content (AvgIpc) is 2.52. The highest BCUT2D eigenvalue weighted by Gasteiger charge is 2.18. The summed E-state index contributed by atoms with van der Waals surface area (Å²) in [6.07, 6.45) is 1.17. The summed E-state index contributed by atoms with van der Waals surface area (Å²) in [6.45, 7) is 0. The third kappa shape index (κ3) is 4.45. The van der Waals surface area contributed by atoms with Gasteiger partial charge in [0.1, 0.15) is 6.04 Å². The zero-order valence-electron chi connectivity index (χ0n) is 11.7. The first-order valence-corrected chi connectivity index (χ1v) is 6.86. The Bertz CT molecular complexity index is 597. The molecule has 0 radical (unpaired) electrons. The Balaban J connectivity index is 1.96. The van der Waals surface area contributed by atoms with E-state index in [1.54, 1.807) is 24.3 Å². The summed E-state index contributed by atoms with van der Waals surface area (Å²) >= 11 is 0. The molecule has 0 bridgehead atoms. The van der Waals surface area contributed by atoms with Gasteiger partial charge in [-0.1, -0.05) is 48.5 Å². The van der Waals surface area contributed by atoms with E-state index in [0.29, 0.717) is 18.4 Å². The summed E-state index contributed by atoms with van der Waals surface area (Å²) in [6, 6.07) is 17.9. The normalized spacial score (nSPS) is 11.6. The van der Waals surface area contributed by atoms with E-state index >= 15 is 0 Å². The van der Waals surface area contributed by atoms with Crippen molar-refractivity contribution in [1.82, 2.24) is 5.32 Å². The fourth-order valence-corrected chi connectivity index (χ4v) is 2.07. The van der Waals surface area contributed by atoms with Crippen LogP contribution >= 0.6 is 0 Å². The van der Waals surface area contributed by atoms with Gasteiger partial charge in [-0.25, -0.2) is 0 Å². The van der Waals surface area contributed by atoms with E-state index in [1.165, 1.54) is 0 Å². The first-order chi connectivity index (χ1) is 10.2. The highest BCUT2D eigenvalue weighted by atomic mass is 16.2. The molecule has 0 aromatic heterocycles. The van der Waals surface area contributed by atoms with Crippen LogP contribution in [0.5, 0.6) is 0 Å². The zero-order valence-corrected chi connectivity index (χ0v) is 11.7. The predicted molar refractivity (Wildman–Crippen MR) is 81.7 cm³/mol. The Kier molecular flexibility index (Phi) is 5.10. The van der Waals surface area contributed by atoms with Crippen molar-refractivity contribution in [2.24, 2.45) is 5.73 Å². The van der Waals surface area contributed by atoms with Gasteiger partial charge in [-0.2, -0.15) is 0 Å². The maximum Gasteiger partial charge on any atom is 0.251 e. The minimum atomic E-state index is -0.669. The topological polar surface area (TPSA) is 72.2 Å². The van der Waals surface area contributed by atoms with Crippen molar-refractivity contribution in [2.45, 2.75) is 18.9 Å². The van der Waals surface area contributed by atoms with Crippen LogP contribution in [0.3, 0.4) is 0 Å². The van der Waals surface area contributed by atoms with Crippen LogP contribution in [0.25, 0.3) is 0 Å². The van der Waals surface area contributed by atoms with Gasteiger partial charge >= 0.3 is 0 Å². The lowest BCUT2D eigenvalue weighted by Gasteiger charge is -2.15. The molecule has 0 aliphatic heterocycles. The quantitative estimate of drug-likeness (QED) is 0.849. The van der Waals surface area contributed by atoms with E-state index in [-0.39, 0.29) is 5.91 Å². The average molecular weight is 282 g/mol. The minimum absolute atomic E-state index is 0.285. The predicted octanol–water partition coefficient (Wildman–Crippen LogP) is 1.90. The van der Waals surface area contributed by atoms with Crippen LogP contribution in [0, 0.1) is 0 Å². The summed E-state index contributed by atoms with van der Waals surface area (Å²) < 4.78 is 0. The smallest absolute Gasteiger partial charge is 0.251 e. The number of hydrogen-bond donors (Lipinski definition) is 2. The summed E-state index contributed by atoms with van der Waals surface area (Å²) in [4.78, 5) is 23.5. The van der Waals surface area contributed by atoms with Crippen LogP contribution in [0.2, 0.25) is 0 Å². The van der Waals surface area contributed by atoms with E-state index in [9.17, 15) is 9.59 Å². The molecule has 1 atom stereocenters. The third-order valence-corrected chi connectivity index (χ3v) is 3.25. The minimum Gasteiger partial charge on any atom is -0.368 e. The number of nitrogens with two attached hydrogens (primary N) is 1. The second-order valence-corrected chi connectivity index (χ2v) is 4.82. The summed E-state index contributed by atoms with van der Waals surface area (Å²) in [5.74, 6) is -0.803. The highest BCUT2D eigenvalue weighted by molar-refractivity contribution is 5.97. The molecular weight excluding hydrogens is 264 g/mol. The molecule has 0 aliphatic carbocycles. The van der Waals surface area contributed by atoms with Gasteiger partial charge in [0, 0.05) is 5.56 Å². The molecule has 108 valence electrons. The van der Waals surface area contributed by atoms with Crippen molar-refractivity contribution in [2.75, 3.05) is 0 Å². The molecule has 0 aliphatic rings. The van der Waals surface area contributed by atoms with Crippen molar-refractivity contribution >= 4 is 11.8 Å². The molecule has 0 unspecified atom stereocenters. The lowest BCUT2D eigenvalue weighted by molar-refractivity contribution is -0.120. The van der Waals surface area contributed by atoms with E-state index in [2.05, 4.69) is 5.32 Å². The molecule has 2 aromatic rings. The number of amides is 2. The maximum atomic E-state index is 12.1. The van der Waals surface area contributed by atoms with Gasteiger partial charge in [0.25, 0.3) is 5.91 Å². The van der Waals surface area contributed by atoms with Crippen molar-refractivity contribution < 1.29 is 9.59 Å². The van der Waals surface area contributed by atoms with Gasteiger partial charge < -0.3 is 11.1 Å². The van der Waals surface area contributed by atoms with E-state index in [0.717, 1.165) is 5.56 Å². The van der Waals surface area contributed by atoms with Crippen LogP contribution in [0.15, 0.2) is 60.7 Å². The SMILES string of the molecule is NC(=O)[C@@H](CCc1ccccc1)NC(=O)c1ccccc1. The van der Waals surface area contributed by atoms with Crippen LogP contribution in [0.1, 0.15) is 22.3 Å². The molecule has 0 saturated carbocycles. The Labute approximate surface area is 124 Å². The molecular formula is C17H18N2O2. The van der Waals surface area contributed by atoms with Crippen LogP contribution in [-0.4, -0.2) is 17.9 Å². The number of carbonyl (C=O) groups excluding carboxylic acids is 2. The Hall–Kier alpha value is -2.62. The molecule has 0 saturated heterocycles. The van der Waals surface area contributed by atoms with E-state index in [1.807, 2.05) is 36.4 Å². The Morgan fingerprint density at radius 1 is 0.952 bits per heavy atom. The van der Waals surface area contributed by atoms with Gasteiger partial charge in [-0.3, -0.25) is 9.59 Å². The second kappa shape index (κ2) is 7.24. The third-order valence-electron chi connectivity index (χ3n) is 3.25.